The van der Waals surface area contributed by atoms with E-state index in [4.69, 9.17) is 15.4 Å². The lowest BCUT2D eigenvalue weighted by Gasteiger charge is -2.01. The van der Waals surface area contributed by atoms with Crippen LogP contribution in [0.1, 0.15) is 25.7 Å². The molecule has 1 saturated carbocycles. The molecule has 5 heteroatoms. The van der Waals surface area contributed by atoms with E-state index in [1.807, 2.05) is 0 Å². The van der Waals surface area contributed by atoms with Crippen LogP contribution < -0.4 is 0 Å². The first-order chi connectivity index (χ1) is 6.08. The summed E-state index contributed by atoms with van der Waals surface area (Å²) in [4.78, 5) is 0. The molecule has 13 heavy (non-hydrogen) atoms. The second-order valence-electron chi connectivity index (χ2n) is 3.44. The third-order valence-corrected chi connectivity index (χ3v) is 3.28. The monoisotopic (exact) mass is 226 g/mol. The van der Waals surface area contributed by atoms with Crippen molar-refractivity contribution in [2.45, 2.75) is 25.7 Å². The summed E-state index contributed by atoms with van der Waals surface area (Å²) in [6, 6.07) is 0. The summed E-state index contributed by atoms with van der Waals surface area (Å²) in [6.45, 7) is 1.26. The first kappa shape index (κ1) is 11.3. The van der Waals surface area contributed by atoms with Crippen LogP contribution in [0.15, 0.2) is 0 Å². The predicted molar refractivity (Wildman–Crippen MR) is 52.4 cm³/mol. The molecule has 1 rings (SSSR count). The molecule has 78 valence electrons. The van der Waals surface area contributed by atoms with Gasteiger partial charge in [-0.1, -0.05) is 12.8 Å². The molecule has 0 aromatic heterocycles. The maximum absolute atomic E-state index is 10.5. The molecular weight excluding hydrogens is 212 g/mol. The number of hydrogen-bond acceptors (Lipinski definition) is 3. The van der Waals surface area contributed by atoms with Crippen molar-refractivity contribution < 1.29 is 13.2 Å². The Morgan fingerprint density at radius 2 is 2.00 bits per heavy atom. The van der Waals surface area contributed by atoms with E-state index in [0.29, 0.717) is 13.0 Å². The van der Waals surface area contributed by atoms with Crippen LogP contribution in [0, 0.1) is 5.92 Å². The van der Waals surface area contributed by atoms with Crippen molar-refractivity contribution in [3.8, 4) is 0 Å². The Morgan fingerprint density at radius 3 is 2.54 bits per heavy atom. The lowest BCUT2D eigenvalue weighted by Crippen LogP contribution is -2.04. The van der Waals surface area contributed by atoms with Crippen LogP contribution >= 0.6 is 10.7 Å². The summed E-state index contributed by atoms with van der Waals surface area (Å²) >= 11 is 0. The Balaban J connectivity index is 1.83. The van der Waals surface area contributed by atoms with E-state index in [9.17, 15) is 8.42 Å². The Kier molecular flexibility index (Phi) is 4.49. The first-order valence-electron chi connectivity index (χ1n) is 4.58. The van der Waals surface area contributed by atoms with Gasteiger partial charge in [0.15, 0.2) is 0 Å². The summed E-state index contributed by atoms with van der Waals surface area (Å²) in [6.07, 6.45) is 4.28. The largest absolute Gasteiger partial charge is 0.381 e. The molecule has 0 heterocycles. The normalized spacial score (nSPS) is 17.6. The van der Waals surface area contributed by atoms with Gasteiger partial charge in [-0.15, -0.1) is 0 Å². The maximum atomic E-state index is 10.5. The van der Waals surface area contributed by atoms with Crippen molar-refractivity contribution in [2.24, 2.45) is 5.92 Å². The standard InChI is InChI=1S/C8H15ClO3S/c9-13(10,11)7-1-5-12-6-4-8-2-3-8/h8H,1-7H2. The molecule has 0 aliphatic heterocycles. The van der Waals surface area contributed by atoms with Crippen LogP contribution in [0.3, 0.4) is 0 Å². The van der Waals surface area contributed by atoms with Gasteiger partial charge >= 0.3 is 0 Å². The molecule has 1 aliphatic rings. The highest BCUT2D eigenvalue weighted by molar-refractivity contribution is 8.13. The number of hydrogen-bond donors (Lipinski definition) is 0. The highest BCUT2D eigenvalue weighted by Crippen LogP contribution is 2.32. The fourth-order valence-corrected chi connectivity index (χ4v) is 1.88. The molecule has 0 spiro atoms. The minimum Gasteiger partial charge on any atom is -0.381 e. The summed E-state index contributed by atoms with van der Waals surface area (Å²) in [5.41, 5.74) is 0. The fraction of sp³-hybridized carbons (Fsp3) is 1.00. The number of rotatable bonds is 7. The molecular formula is C8H15ClO3S. The van der Waals surface area contributed by atoms with E-state index in [0.717, 1.165) is 18.9 Å². The van der Waals surface area contributed by atoms with Gasteiger partial charge in [0.25, 0.3) is 0 Å². The Bertz CT molecular complexity index is 234. The average Bonchev–Trinajstić information content (AvgIpc) is 2.77. The van der Waals surface area contributed by atoms with Crippen LogP contribution in [-0.2, 0) is 13.8 Å². The second-order valence-corrected chi connectivity index (χ2v) is 6.34. The zero-order valence-electron chi connectivity index (χ0n) is 7.54. The molecule has 0 N–H and O–H groups in total. The molecule has 1 fully saturated rings. The third-order valence-electron chi connectivity index (χ3n) is 2.04. The summed E-state index contributed by atoms with van der Waals surface area (Å²) < 4.78 is 26.2. The zero-order chi connectivity index (χ0) is 9.73. The van der Waals surface area contributed by atoms with E-state index in [1.165, 1.54) is 12.8 Å². The lowest BCUT2D eigenvalue weighted by molar-refractivity contribution is 0.129. The van der Waals surface area contributed by atoms with Crippen molar-refractivity contribution in [2.75, 3.05) is 19.0 Å². The molecule has 0 amide bonds. The van der Waals surface area contributed by atoms with Gasteiger partial charge in [-0.05, 0) is 18.8 Å². The van der Waals surface area contributed by atoms with Gasteiger partial charge in [0.05, 0.1) is 5.75 Å². The van der Waals surface area contributed by atoms with Crippen LogP contribution in [0.4, 0.5) is 0 Å². The zero-order valence-corrected chi connectivity index (χ0v) is 9.11. The highest BCUT2D eigenvalue weighted by Gasteiger charge is 2.20. The summed E-state index contributed by atoms with van der Waals surface area (Å²) in [5, 5.41) is 0. The topological polar surface area (TPSA) is 43.4 Å². The van der Waals surface area contributed by atoms with Gasteiger partial charge in [-0.2, -0.15) is 0 Å². The molecule has 0 saturated heterocycles. The van der Waals surface area contributed by atoms with Gasteiger partial charge < -0.3 is 4.74 Å². The van der Waals surface area contributed by atoms with Gasteiger partial charge in [-0.25, -0.2) is 8.42 Å². The predicted octanol–water partition coefficient (Wildman–Crippen LogP) is 1.76. The van der Waals surface area contributed by atoms with Crippen molar-refractivity contribution in [3.63, 3.8) is 0 Å². The van der Waals surface area contributed by atoms with Crippen LogP contribution in [0.2, 0.25) is 0 Å². The Hall–Kier alpha value is 0.200. The van der Waals surface area contributed by atoms with Crippen molar-refractivity contribution >= 4 is 19.7 Å². The quantitative estimate of drug-likeness (QED) is 0.491. The molecule has 0 unspecified atom stereocenters. The van der Waals surface area contributed by atoms with E-state index in [2.05, 4.69) is 0 Å². The van der Waals surface area contributed by atoms with Gasteiger partial charge in [0.2, 0.25) is 9.05 Å². The van der Waals surface area contributed by atoms with Crippen LogP contribution in [0.25, 0.3) is 0 Å². The van der Waals surface area contributed by atoms with Crippen LogP contribution in [0.5, 0.6) is 0 Å². The molecule has 0 bridgehead atoms. The molecule has 0 aromatic rings. The van der Waals surface area contributed by atoms with Crippen LogP contribution in [-0.4, -0.2) is 27.4 Å². The van der Waals surface area contributed by atoms with E-state index in [-0.39, 0.29) is 5.75 Å². The van der Waals surface area contributed by atoms with Crippen molar-refractivity contribution in [1.82, 2.24) is 0 Å². The van der Waals surface area contributed by atoms with E-state index < -0.39 is 9.05 Å². The minimum absolute atomic E-state index is 0.0119. The van der Waals surface area contributed by atoms with E-state index >= 15 is 0 Å². The summed E-state index contributed by atoms with van der Waals surface area (Å²) in [7, 11) is 1.70. The second kappa shape index (κ2) is 5.17. The summed E-state index contributed by atoms with van der Waals surface area (Å²) in [5.74, 6) is 0.884. The SMILES string of the molecule is O=S(=O)(Cl)CCCOCCC1CC1. The molecule has 3 nitrogen and oxygen atoms in total. The Labute approximate surface area is 83.8 Å². The molecule has 0 aromatic carbocycles. The van der Waals surface area contributed by atoms with Gasteiger partial charge in [0, 0.05) is 23.9 Å². The molecule has 0 atom stereocenters. The fourth-order valence-electron chi connectivity index (χ4n) is 1.09. The first-order valence-corrected chi connectivity index (χ1v) is 7.06. The number of ether oxygens (including phenoxy) is 1. The van der Waals surface area contributed by atoms with E-state index in [1.54, 1.807) is 0 Å². The third kappa shape index (κ3) is 7.28. The molecule has 1 aliphatic carbocycles. The minimum atomic E-state index is -3.32. The van der Waals surface area contributed by atoms with Gasteiger partial charge in [0.1, 0.15) is 0 Å². The van der Waals surface area contributed by atoms with Gasteiger partial charge in [-0.3, -0.25) is 0 Å². The molecule has 0 radical (unpaired) electrons. The van der Waals surface area contributed by atoms with Crippen molar-refractivity contribution in [3.05, 3.63) is 0 Å². The maximum Gasteiger partial charge on any atom is 0.232 e. The lowest BCUT2D eigenvalue weighted by atomic mass is 10.3. The Morgan fingerprint density at radius 1 is 1.31 bits per heavy atom. The van der Waals surface area contributed by atoms with Crippen molar-refractivity contribution in [1.29, 1.82) is 0 Å². The smallest absolute Gasteiger partial charge is 0.232 e. The highest BCUT2D eigenvalue weighted by atomic mass is 35.7. The average molecular weight is 227 g/mol. The number of halogens is 1.